The van der Waals surface area contributed by atoms with Gasteiger partial charge in [-0.25, -0.2) is 0 Å². The average molecular weight is 274 g/mol. The Labute approximate surface area is 112 Å². The van der Waals surface area contributed by atoms with Gasteiger partial charge in [0.15, 0.2) is 11.6 Å². The van der Waals surface area contributed by atoms with Gasteiger partial charge < -0.3 is 0 Å². The number of thiophene rings is 2. The van der Waals surface area contributed by atoms with Gasteiger partial charge in [0.1, 0.15) is 0 Å². The molecule has 0 aliphatic rings. The van der Waals surface area contributed by atoms with Crippen LogP contribution in [0.1, 0.15) is 34.6 Å². The molecule has 1 aromatic carbocycles. The summed E-state index contributed by atoms with van der Waals surface area (Å²) in [4.78, 5) is 23.8. The fraction of sp³-hybridized carbons (Fsp3) is 0.143. The highest BCUT2D eigenvalue weighted by Crippen LogP contribution is 2.39. The van der Waals surface area contributed by atoms with Crippen LogP contribution in [-0.2, 0) is 0 Å². The van der Waals surface area contributed by atoms with Crippen molar-refractivity contribution in [2.24, 2.45) is 0 Å². The predicted molar refractivity (Wildman–Crippen MR) is 77.2 cm³/mol. The molecule has 0 saturated carbocycles. The van der Waals surface area contributed by atoms with Gasteiger partial charge in [-0.1, -0.05) is 0 Å². The zero-order valence-electron chi connectivity index (χ0n) is 9.94. The number of hydrogen-bond donors (Lipinski definition) is 0. The van der Waals surface area contributed by atoms with Crippen LogP contribution in [0.25, 0.3) is 20.2 Å². The first-order valence-electron chi connectivity index (χ1n) is 5.53. The van der Waals surface area contributed by atoms with E-state index in [2.05, 4.69) is 0 Å². The number of ketones is 2. The zero-order valence-corrected chi connectivity index (χ0v) is 11.6. The quantitative estimate of drug-likeness (QED) is 0.644. The summed E-state index contributed by atoms with van der Waals surface area (Å²) >= 11 is 3.05. The van der Waals surface area contributed by atoms with Crippen LogP contribution in [0.4, 0.5) is 0 Å². The first-order valence-corrected chi connectivity index (χ1v) is 7.29. The van der Waals surface area contributed by atoms with Crippen LogP contribution in [0.2, 0.25) is 0 Å². The molecule has 0 bridgehead atoms. The maximum Gasteiger partial charge on any atom is 0.161 e. The highest BCUT2D eigenvalue weighted by molar-refractivity contribution is 7.19. The maximum atomic E-state index is 11.9. The molecule has 3 aromatic rings. The van der Waals surface area contributed by atoms with Crippen molar-refractivity contribution in [2.75, 3.05) is 0 Å². The lowest BCUT2D eigenvalue weighted by Gasteiger charge is -2.06. The van der Waals surface area contributed by atoms with Crippen molar-refractivity contribution >= 4 is 54.4 Å². The summed E-state index contributed by atoms with van der Waals surface area (Å²) in [7, 11) is 0. The first-order chi connectivity index (χ1) is 8.61. The van der Waals surface area contributed by atoms with Gasteiger partial charge in [0.2, 0.25) is 0 Å². The number of rotatable bonds is 2. The van der Waals surface area contributed by atoms with Gasteiger partial charge in [0.25, 0.3) is 0 Å². The molecule has 0 spiro atoms. The third kappa shape index (κ3) is 1.46. The average Bonchev–Trinajstić information content (AvgIpc) is 2.91. The van der Waals surface area contributed by atoms with Crippen LogP contribution < -0.4 is 0 Å². The fourth-order valence-electron chi connectivity index (χ4n) is 2.34. The summed E-state index contributed by atoms with van der Waals surface area (Å²) < 4.78 is 1.86. The van der Waals surface area contributed by atoms with Gasteiger partial charge in [-0.15, -0.1) is 22.7 Å². The molecule has 0 radical (unpaired) electrons. The summed E-state index contributed by atoms with van der Waals surface area (Å²) in [5.74, 6) is 0.113. The van der Waals surface area contributed by atoms with Crippen LogP contribution in [0, 0.1) is 0 Å². The number of carbonyl (C=O) groups is 2. The molecule has 0 unspecified atom stereocenters. The van der Waals surface area contributed by atoms with E-state index < -0.39 is 0 Å². The molecule has 2 aromatic heterocycles. The molecule has 18 heavy (non-hydrogen) atoms. The Bertz CT molecular complexity index is 678. The van der Waals surface area contributed by atoms with E-state index >= 15 is 0 Å². The van der Waals surface area contributed by atoms with Gasteiger partial charge in [0.05, 0.1) is 0 Å². The molecule has 0 saturated heterocycles. The molecular weight excluding hydrogens is 264 g/mol. The number of fused-ring (bicyclic) bond motifs is 2. The molecular formula is C14H10O2S2. The van der Waals surface area contributed by atoms with E-state index in [0.29, 0.717) is 0 Å². The minimum absolute atomic E-state index is 0.0564. The van der Waals surface area contributed by atoms with Crippen molar-refractivity contribution in [3.05, 3.63) is 34.0 Å². The van der Waals surface area contributed by atoms with Gasteiger partial charge in [-0.05, 0) is 36.7 Å². The lowest BCUT2D eigenvalue weighted by molar-refractivity contribution is 0.101. The van der Waals surface area contributed by atoms with Gasteiger partial charge in [-0.2, -0.15) is 0 Å². The number of benzene rings is 1. The lowest BCUT2D eigenvalue weighted by Crippen LogP contribution is -1.99. The summed E-state index contributed by atoms with van der Waals surface area (Å²) in [6, 6.07) is 3.87. The molecule has 0 amide bonds. The van der Waals surface area contributed by atoms with E-state index in [1.807, 2.05) is 22.9 Å². The third-order valence-corrected chi connectivity index (χ3v) is 4.89. The molecule has 2 nitrogen and oxygen atoms in total. The smallest absolute Gasteiger partial charge is 0.161 e. The van der Waals surface area contributed by atoms with Crippen molar-refractivity contribution in [1.82, 2.24) is 0 Å². The molecule has 90 valence electrons. The number of hydrogen-bond acceptors (Lipinski definition) is 4. The molecule has 2 heterocycles. The lowest BCUT2D eigenvalue weighted by atomic mass is 9.98. The molecule has 4 heteroatoms. The molecule has 0 aliphatic heterocycles. The van der Waals surface area contributed by atoms with Crippen LogP contribution in [0.3, 0.4) is 0 Å². The predicted octanol–water partition coefficient (Wildman–Crippen LogP) is 4.52. The number of Topliss-reactive ketones (excluding diaryl/α,β-unsaturated/α-hetero) is 2. The van der Waals surface area contributed by atoms with E-state index in [9.17, 15) is 9.59 Å². The second-order valence-corrected chi connectivity index (χ2v) is 6.02. The summed E-state index contributed by atoms with van der Waals surface area (Å²) in [5, 5.41) is 5.69. The first kappa shape index (κ1) is 11.6. The monoisotopic (exact) mass is 274 g/mol. The second kappa shape index (κ2) is 4.00. The van der Waals surface area contributed by atoms with Crippen molar-refractivity contribution in [1.29, 1.82) is 0 Å². The normalized spacial score (nSPS) is 11.2. The van der Waals surface area contributed by atoms with Gasteiger partial charge in [-0.3, -0.25) is 9.59 Å². The molecule has 0 fully saturated rings. The zero-order chi connectivity index (χ0) is 12.9. The van der Waals surface area contributed by atoms with Crippen molar-refractivity contribution in [3.8, 4) is 0 Å². The van der Waals surface area contributed by atoms with Crippen LogP contribution >= 0.6 is 22.7 Å². The van der Waals surface area contributed by atoms with Crippen LogP contribution in [0.5, 0.6) is 0 Å². The van der Waals surface area contributed by atoms with Crippen LogP contribution in [-0.4, -0.2) is 11.6 Å². The Morgan fingerprint density at radius 3 is 1.56 bits per heavy atom. The summed E-state index contributed by atoms with van der Waals surface area (Å²) in [6.45, 7) is 3.16. The summed E-state index contributed by atoms with van der Waals surface area (Å²) in [6.07, 6.45) is 0. The van der Waals surface area contributed by atoms with Gasteiger partial charge in [0, 0.05) is 31.3 Å². The largest absolute Gasteiger partial charge is 0.294 e. The minimum Gasteiger partial charge on any atom is -0.294 e. The Morgan fingerprint density at radius 2 is 1.22 bits per heavy atom. The molecule has 0 atom stereocenters. The minimum atomic E-state index is 0.0564. The standard InChI is InChI=1S/C14H10O2S2/c1-7(15)11-9-3-5-18-14(9)12(8(2)16)10-4-6-17-13(10)11/h3-6H,1-2H3. The second-order valence-electron chi connectivity index (χ2n) is 4.19. The highest BCUT2D eigenvalue weighted by Gasteiger charge is 2.20. The van der Waals surface area contributed by atoms with Crippen molar-refractivity contribution in [3.63, 3.8) is 0 Å². The Balaban J connectivity index is 2.65. The van der Waals surface area contributed by atoms with E-state index in [1.54, 1.807) is 13.8 Å². The Morgan fingerprint density at radius 1 is 0.833 bits per heavy atom. The van der Waals surface area contributed by atoms with Gasteiger partial charge >= 0.3 is 0 Å². The Kier molecular flexibility index (Phi) is 2.57. The fourth-order valence-corrected chi connectivity index (χ4v) is 4.36. The van der Waals surface area contributed by atoms with E-state index in [1.165, 1.54) is 22.7 Å². The van der Waals surface area contributed by atoms with Crippen molar-refractivity contribution in [2.45, 2.75) is 13.8 Å². The third-order valence-electron chi connectivity index (χ3n) is 3.03. The topological polar surface area (TPSA) is 34.1 Å². The summed E-state index contributed by atoms with van der Waals surface area (Å²) in [5.41, 5.74) is 1.50. The van der Waals surface area contributed by atoms with Crippen molar-refractivity contribution < 1.29 is 9.59 Å². The van der Waals surface area contributed by atoms with E-state index in [0.717, 1.165) is 31.3 Å². The highest BCUT2D eigenvalue weighted by atomic mass is 32.1. The Hall–Kier alpha value is -1.52. The molecule has 3 rings (SSSR count). The van der Waals surface area contributed by atoms with E-state index in [4.69, 9.17) is 0 Å². The van der Waals surface area contributed by atoms with Crippen LogP contribution in [0.15, 0.2) is 22.9 Å². The molecule has 0 aliphatic carbocycles. The number of carbonyl (C=O) groups excluding carboxylic acids is 2. The molecule has 0 N–H and O–H groups in total. The maximum absolute atomic E-state index is 11.9. The van der Waals surface area contributed by atoms with E-state index in [-0.39, 0.29) is 11.6 Å². The SMILES string of the molecule is CC(=O)c1c2ccsc2c(C(C)=O)c2ccsc12.